The number of nitrogens with one attached hydrogen (secondary N) is 1. The van der Waals surface area contributed by atoms with Crippen molar-refractivity contribution in [3.05, 3.63) is 89.6 Å². The average Bonchev–Trinajstić information content (AvgIpc) is 3.18. The van der Waals surface area contributed by atoms with Crippen molar-refractivity contribution in [3.63, 3.8) is 0 Å². The van der Waals surface area contributed by atoms with Gasteiger partial charge in [0.15, 0.2) is 0 Å². The van der Waals surface area contributed by atoms with E-state index in [0.717, 1.165) is 17.7 Å². The van der Waals surface area contributed by atoms with Gasteiger partial charge in [-0.1, -0.05) is 30.3 Å². The Kier molecular flexibility index (Phi) is 6.92. The van der Waals surface area contributed by atoms with Crippen molar-refractivity contribution < 1.29 is 27.4 Å². The normalized spacial score (nSPS) is 11.9. The maximum Gasteiger partial charge on any atom is 0.416 e. The van der Waals surface area contributed by atoms with E-state index in [1.165, 1.54) is 12.1 Å². The summed E-state index contributed by atoms with van der Waals surface area (Å²) in [4.78, 5) is 12.2. The lowest BCUT2D eigenvalue weighted by Gasteiger charge is -2.19. The SMILES string of the molecule is CC(C)(C)OC(=O)NCc1nn(-c2ccc(C(F)(F)F)cc2)c2ccc(OCc3ccccc3)cc12. The smallest absolute Gasteiger partial charge is 0.416 e. The number of ether oxygens (including phenoxy) is 2. The zero-order valence-electron chi connectivity index (χ0n) is 20.1. The molecular formula is C27H26F3N3O3. The first-order chi connectivity index (χ1) is 17.0. The van der Waals surface area contributed by atoms with Crippen molar-refractivity contribution in [2.45, 2.75) is 45.7 Å². The van der Waals surface area contributed by atoms with Crippen molar-refractivity contribution in [1.82, 2.24) is 15.1 Å². The number of benzene rings is 3. The minimum atomic E-state index is -4.43. The molecule has 188 valence electrons. The standard InChI is InChI=1S/C27H26F3N3O3/c1-26(2,3)36-25(34)31-16-23-22-15-21(35-17-18-7-5-4-6-8-18)13-14-24(22)33(32-23)20-11-9-19(10-12-20)27(28,29)30/h4-15H,16-17H2,1-3H3,(H,31,34). The molecule has 4 aromatic rings. The Hall–Kier alpha value is -4.01. The molecule has 0 unspecified atom stereocenters. The third-order valence-electron chi connectivity index (χ3n) is 5.21. The van der Waals surface area contributed by atoms with E-state index >= 15 is 0 Å². The zero-order chi connectivity index (χ0) is 25.9. The quantitative estimate of drug-likeness (QED) is 0.324. The van der Waals surface area contributed by atoms with Gasteiger partial charge in [0.2, 0.25) is 0 Å². The van der Waals surface area contributed by atoms with Crippen LogP contribution in [0.5, 0.6) is 5.75 Å². The number of amides is 1. The van der Waals surface area contributed by atoms with Crippen LogP contribution < -0.4 is 10.1 Å². The Morgan fingerprint density at radius 2 is 1.67 bits per heavy atom. The summed E-state index contributed by atoms with van der Waals surface area (Å²) in [5, 5.41) is 7.97. The fourth-order valence-corrected chi connectivity index (χ4v) is 3.58. The second-order valence-electron chi connectivity index (χ2n) is 9.21. The van der Waals surface area contributed by atoms with Crippen molar-refractivity contribution in [2.75, 3.05) is 0 Å². The number of alkyl carbamates (subject to hydrolysis) is 1. The molecule has 1 heterocycles. The number of nitrogens with zero attached hydrogens (tertiary/aromatic N) is 2. The molecule has 1 N–H and O–H groups in total. The summed E-state index contributed by atoms with van der Waals surface area (Å²) in [6, 6.07) is 19.8. The monoisotopic (exact) mass is 497 g/mol. The lowest BCUT2D eigenvalue weighted by Crippen LogP contribution is -2.32. The summed E-state index contributed by atoms with van der Waals surface area (Å²) in [6.07, 6.45) is -5.03. The Morgan fingerprint density at radius 3 is 2.31 bits per heavy atom. The summed E-state index contributed by atoms with van der Waals surface area (Å²) in [6.45, 7) is 5.71. The Morgan fingerprint density at radius 1 is 0.972 bits per heavy atom. The molecule has 0 spiro atoms. The third kappa shape index (κ3) is 6.16. The first kappa shape index (κ1) is 25.1. The summed E-state index contributed by atoms with van der Waals surface area (Å²) >= 11 is 0. The van der Waals surface area contributed by atoms with Crippen LogP contribution in [0.4, 0.5) is 18.0 Å². The van der Waals surface area contributed by atoms with Gasteiger partial charge in [0.25, 0.3) is 0 Å². The summed E-state index contributed by atoms with van der Waals surface area (Å²) < 4.78 is 51.9. The van der Waals surface area contributed by atoms with Crippen LogP contribution in [0.15, 0.2) is 72.8 Å². The molecule has 0 atom stereocenters. The number of aromatic nitrogens is 2. The van der Waals surface area contributed by atoms with E-state index in [-0.39, 0.29) is 6.54 Å². The summed E-state index contributed by atoms with van der Waals surface area (Å²) in [7, 11) is 0. The van der Waals surface area contributed by atoms with E-state index in [1.807, 2.05) is 30.3 Å². The molecule has 0 aliphatic rings. The minimum absolute atomic E-state index is 0.0567. The molecule has 0 fully saturated rings. The second kappa shape index (κ2) is 9.93. The van der Waals surface area contributed by atoms with Gasteiger partial charge in [-0.2, -0.15) is 18.3 Å². The molecule has 36 heavy (non-hydrogen) atoms. The van der Waals surface area contributed by atoms with E-state index in [9.17, 15) is 18.0 Å². The molecular weight excluding hydrogens is 471 g/mol. The number of alkyl halides is 3. The molecule has 0 saturated heterocycles. The van der Waals surface area contributed by atoms with Gasteiger partial charge < -0.3 is 14.8 Å². The van der Waals surface area contributed by atoms with E-state index < -0.39 is 23.4 Å². The Bertz CT molecular complexity index is 1340. The highest BCUT2D eigenvalue weighted by molar-refractivity contribution is 5.85. The average molecular weight is 498 g/mol. The van der Waals surface area contributed by atoms with Gasteiger partial charge in [0.05, 0.1) is 29.0 Å². The predicted molar refractivity (Wildman–Crippen MR) is 130 cm³/mol. The maximum atomic E-state index is 13.0. The van der Waals surface area contributed by atoms with Gasteiger partial charge in [-0.25, -0.2) is 9.48 Å². The first-order valence-electron chi connectivity index (χ1n) is 11.3. The maximum absolute atomic E-state index is 13.0. The molecule has 0 radical (unpaired) electrons. The molecule has 4 rings (SSSR count). The molecule has 0 aliphatic heterocycles. The highest BCUT2D eigenvalue weighted by Gasteiger charge is 2.30. The van der Waals surface area contributed by atoms with Gasteiger partial charge in [-0.05, 0) is 68.8 Å². The summed E-state index contributed by atoms with van der Waals surface area (Å²) in [5.74, 6) is 0.594. The van der Waals surface area contributed by atoms with Crippen molar-refractivity contribution in [1.29, 1.82) is 0 Å². The van der Waals surface area contributed by atoms with E-state index in [1.54, 1.807) is 43.7 Å². The van der Waals surface area contributed by atoms with Crippen molar-refractivity contribution in [3.8, 4) is 11.4 Å². The second-order valence-corrected chi connectivity index (χ2v) is 9.21. The minimum Gasteiger partial charge on any atom is -0.489 e. The lowest BCUT2D eigenvalue weighted by molar-refractivity contribution is -0.137. The molecule has 1 amide bonds. The van der Waals surface area contributed by atoms with Gasteiger partial charge in [0, 0.05) is 5.39 Å². The van der Waals surface area contributed by atoms with Crippen LogP contribution in [0.25, 0.3) is 16.6 Å². The van der Waals surface area contributed by atoms with Crippen LogP contribution >= 0.6 is 0 Å². The van der Waals surface area contributed by atoms with Crippen molar-refractivity contribution >= 4 is 17.0 Å². The largest absolute Gasteiger partial charge is 0.489 e. The highest BCUT2D eigenvalue weighted by atomic mass is 19.4. The van der Waals surface area contributed by atoms with Crippen LogP contribution in [-0.4, -0.2) is 21.5 Å². The Balaban J connectivity index is 1.66. The fraction of sp³-hybridized carbons (Fsp3) is 0.259. The van der Waals surface area contributed by atoms with Gasteiger partial charge in [-0.15, -0.1) is 0 Å². The number of halogens is 3. The number of fused-ring (bicyclic) bond motifs is 1. The van der Waals surface area contributed by atoms with Gasteiger partial charge >= 0.3 is 12.3 Å². The molecule has 0 aliphatic carbocycles. The lowest BCUT2D eigenvalue weighted by atomic mass is 10.1. The zero-order valence-corrected chi connectivity index (χ0v) is 20.1. The molecule has 6 nitrogen and oxygen atoms in total. The number of hydrogen-bond acceptors (Lipinski definition) is 4. The van der Waals surface area contributed by atoms with E-state index in [2.05, 4.69) is 10.4 Å². The molecule has 1 aromatic heterocycles. The predicted octanol–water partition coefficient (Wildman–Crippen LogP) is 6.65. The van der Waals surface area contributed by atoms with E-state index in [0.29, 0.717) is 34.6 Å². The third-order valence-corrected chi connectivity index (χ3v) is 5.21. The summed E-state index contributed by atoms with van der Waals surface area (Å²) in [5.41, 5.74) is 1.22. The van der Waals surface area contributed by atoms with Gasteiger partial charge in [0.1, 0.15) is 18.0 Å². The number of rotatable bonds is 6. The van der Waals surface area contributed by atoms with Crippen molar-refractivity contribution in [2.24, 2.45) is 0 Å². The first-order valence-corrected chi connectivity index (χ1v) is 11.3. The van der Waals surface area contributed by atoms with Crippen LogP contribution in [0.1, 0.15) is 37.6 Å². The number of carbonyl (C=O) groups is 1. The molecule has 3 aromatic carbocycles. The van der Waals surface area contributed by atoms with E-state index in [4.69, 9.17) is 9.47 Å². The topological polar surface area (TPSA) is 65.4 Å². The number of hydrogen-bond donors (Lipinski definition) is 1. The van der Waals surface area contributed by atoms with Gasteiger partial charge in [-0.3, -0.25) is 0 Å². The highest BCUT2D eigenvalue weighted by Crippen LogP contribution is 2.31. The van der Waals surface area contributed by atoms with Crippen LogP contribution in [0.2, 0.25) is 0 Å². The fourth-order valence-electron chi connectivity index (χ4n) is 3.58. The number of carbonyl (C=O) groups excluding carboxylic acids is 1. The van der Waals surface area contributed by atoms with Crippen LogP contribution in [-0.2, 0) is 24.1 Å². The van der Waals surface area contributed by atoms with Crippen LogP contribution in [0, 0.1) is 0 Å². The van der Waals surface area contributed by atoms with Crippen LogP contribution in [0.3, 0.4) is 0 Å². The molecule has 0 saturated carbocycles. The molecule has 0 bridgehead atoms. The Labute approximate surface area is 206 Å². The molecule has 9 heteroatoms.